The fraction of sp³-hybridized carbons (Fsp3) is 0.120. The quantitative estimate of drug-likeness (QED) is 0.389. The number of aromatic nitrogens is 2. The molecule has 0 bridgehead atoms. The summed E-state index contributed by atoms with van der Waals surface area (Å²) in [5, 5.41) is 12.7. The number of hydrogen-bond donors (Lipinski definition) is 2. The lowest BCUT2D eigenvalue weighted by Crippen LogP contribution is -2.23. The molecule has 4 aromatic rings. The standard InChI is InChI=1S/C25H24N4O5S/c1-33-22-12-11-18(14-23(22)34-2)24-21(16-29(28-24)19-8-4-3-5-9-19)25(30)27-15-17-7-6-10-20(13-17)35(26,31)32/h3-14,16H,15H2,1-2H3,(H,27,30)(H2,26,31,32). The number of sulfonamides is 1. The molecule has 0 saturated carbocycles. The summed E-state index contributed by atoms with van der Waals surface area (Å²) in [5.41, 5.74) is 2.83. The van der Waals surface area contributed by atoms with E-state index < -0.39 is 10.0 Å². The highest BCUT2D eigenvalue weighted by Crippen LogP contribution is 2.33. The van der Waals surface area contributed by atoms with Crippen LogP contribution in [0.3, 0.4) is 0 Å². The Bertz CT molecular complexity index is 1470. The van der Waals surface area contributed by atoms with Crippen LogP contribution in [0.4, 0.5) is 0 Å². The van der Waals surface area contributed by atoms with E-state index in [1.54, 1.807) is 48.3 Å². The number of para-hydroxylation sites is 1. The number of hydrogen-bond acceptors (Lipinski definition) is 6. The van der Waals surface area contributed by atoms with Crippen molar-refractivity contribution in [3.05, 3.63) is 90.1 Å². The summed E-state index contributed by atoms with van der Waals surface area (Å²) in [6, 6.07) is 20.8. The van der Waals surface area contributed by atoms with E-state index in [1.807, 2.05) is 30.3 Å². The third-order valence-corrected chi connectivity index (χ3v) is 6.23. The lowest BCUT2D eigenvalue weighted by Gasteiger charge is -2.10. The largest absolute Gasteiger partial charge is 0.493 e. The summed E-state index contributed by atoms with van der Waals surface area (Å²) in [6.45, 7) is 0.101. The van der Waals surface area contributed by atoms with E-state index in [0.29, 0.717) is 33.9 Å². The Morgan fingerprint density at radius 1 is 0.971 bits per heavy atom. The molecular formula is C25H24N4O5S. The Labute approximate surface area is 203 Å². The van der Waals surface area contributed by atoms with Gasteiger partial charge in [-0.2, -0.15) is 5.10 Å². The summed E-state index contributed by atoms with van der Waals surface area (Å²) < 4.78 is 35.6. The topological polar surface area (TPSA) is 126 Å². The van der Waals surface area contributed by atoms with Crippen molar-refractivity contribution in [1.82, 2.24) is 15.1 Å². The van der Waals surface area contributed by atoms with Crippen molar-refractivity contribution in [3.8, 4) is 28.4 Å². The van der Waals surface area contributed by atoms with Gasteiger partial charge >= 0.3 is 0 Å². The zero-order chi connectivity index (χ0) is 25.0. The van der Waals surface area contributed by atoms with Gasteiger partial charge in [0.25, 0.3) is 5.91 Å². The van der Waals surface area contributed by atoms with Crippen LogP contribution in [0.25, 0.3) is 16.9 Å². The molecule has 0 fully saturated rings. The molecular weight excluding hydrogens is 468 g/mol. The first-order valence-electron chi connectivity index (χ1n) is 10.6. The third kappa shape index (κ3) is 5.34. The zero-order valence-electron chi connectivity index (χ0n) is 19.1. The van der Waals surface area contributed by atoms with Gasteiger partial charge < -0.3 is 14.8 Å². The van der Waals surface area contributed by atoms with Gasteiger partial charge in [-0.3, -0.25) is 4.79 Å². The van der Waals surface area contributed by atoms with Gasteiger partial charge in [-0.25, -0.2) is 18.2 Å². The molecule has 1 aromatic heterocycles. The van der Waals surface area contributed by atoms with E-state index in [1.165, 1.54) is 19.2 Å². The van der Waals surface area contributed by atoms with E-state index >= 15 is 0 Å². The molecule has 9 nitrogen and oxygen atoms in total. The minimum Gasteiger partial charge on any atom is -0.493 e. The molecule has 0 aliphatic heterocycles. The van der Waals surface area contributed by atoms with E-state index in [-0.39, 0.29) is 17.3 Å². The van der Waals surface area contributed by atoms with E-state index in [0.717, 1.165) is 5.69 Å². The fourth-order valence-corrected chi connectivity index (χ4v) is 4.14. The van der Waals surface area contributed by atoms with Crippen LogP contribution < -0.4 is 19.9 Å². The van der Waals surface area contributed by atoms with Gasteiger partial charge in [-0.15, -0.1) is 0 Å². The maximum atomic E-state index is 13.3. The van der Waals surface area contributed by atoms with Gasteiger partial charge in [-0.1, -0.05) is 30.3 Å². The number of nitrogens with one attached hydrogen (secondary N) is 1. The monoisotopic (exact) mass is 492 g/mol. The SMILES string of the molecule is COc1ccc(-c2nn(-c3ccccc3)cc2C(=O)NCc2cccc(S(N)(=O)=O)c2)cc1OC. The first-order valence-corrected chi connectivity index (χ1v) is 12.1. The highest BCUT2D eigenvalue weighted by Gasteiger charge is 2.20. The van der Waals surface area contributed by atoms with Crippen molar-refractivity contribution in [3.63, 3.8) is 0 Å². The maximum absolute atomic E-state index is 13.3. The number of carbonyl (C=O) groups is 1. The first kappa shape index (κ1) is 24.0. The fourth-order valence-electron chi connectivity index (χ4n) is 3.56. The highest BCUT2D eigenvalue weighted by atomic mass is 32.2. The molecule has 0 unspecified atom stereocenters. The van der Waals surface area contributed by atoms with E-state index in [4.69, 9.17) is 14.6 Å². The minimum atomic E-state index is -3.85. The Balaban J connectivity index is 1.69. The Morgan fingerprint density at radius 3 is 2.40 bits per heavy atom. The Hall–Kier alpha value is -4.15. The van der Waals surface area contributed by atoms with Crippen LogP contribution in [0.15, 0.2) is 83.9 Å². The van der Waals surface area contributed by atoms with Crippen LogP contribution in [0.2, 0.25) is 0 Å². The van der Waals surface area contributed by atoms with Crippen LogP contribution in [-0.2, 0) is 16.6 Å². The van der Waals surface area contributed by atoms with Gasteiger partial charge in [0, 0.05) is 18.3 Å². The molecule has 1 amide bonds. The second-order valence-corrected chi connectivity index (χ2v) is 9.18. The number of nitrogens with zero attached hydrogens (tertiary/aromatic N) is 2. The number of primary sulfonamides is 1. The zero-order valence-corrected chi connectivity index (χ0v) is 20.0. The van der Waals surface area contributed by atoms with Crippen molar-refractivity contribution in [2.45, 2.75) is 11.4 Å². The number of rotatable bonds is 8. The molecule has 0 saturated heterocycles. The number of carbonyl (C=O) groups excluding carboxylic acids is 1. The lowest BCUT2D eigenvalue weighted by atomic mass is 10.1. The first-order chi connectivity index (χ1) is 16.8. The van der Waals surface area contributed by atoms with Gasteiger partial charge in [0.1, 0.15) is 5.69 Å². The Morgan fingerprint density at radius 2 is 1.71 bits per heavy atom. The number of methoxy groups -OCH3 is 2. The number of benzene rings is 3. The number of amides is 1. The van der Waals surface area contributed by atoms with Crippen molar-refractivity contribution >= 4 is 15.9 Å². The summed E-state index contributed by atoms with van der Waals surface area (Å²) in [7, 11) is -0.764. The predicted molar refractivity (Wildman–Crippen MR) is 131 cm³/mol. The van der Waals surface area contributed by atoms with Gasteiger partial charge in [0.2, 0.25) is 10.0 Å². The summed E-state index contributed by atoms with van der Waals surface area (Å²) in [6.07, 6.45) is 1.65. The molecule has 1 heterocycles. The van der Waals surface area contributed by atoms with Gasteiger partial charge in [-0.05, 0) is 48.0 Å². The maximum Gasteiger partial charge on any atom is 0.255 e. The molecule has 0 atom stereocenters. The van der Waals surface area contributed by atoms with Crippen LogP contribution in [-0.4, -0.2) is 38.3 Å². The van der Waals surface area contributed by atoms with Crippen molar-refractivity contribution < 1.29 is 22.7 Å². The van der Waals surface area contributed by atoms with Crippen LogP contribution in [0, 0.1) is 0 Å². The van der Waals surface area contributed by atoms with Crippen LogP contribution in [0.1, 0.15) is 15.9 Å². The van der Waals surface area contributed by atoms with Crippen molar-refractivity contribution in [2.75, 3.05) is 14.2 Å². The highest BCUT2D eigenvalue weighted by molar-refractivity contribution is 7.89. The lowest BCUT2D eigenvalue weighted by molar-refractivity contribution is 0.0951. The second-order valence-electron chi connectivity index (χ2n) is 7.62. The Kier molecular flexibility index (Phi) is 6.85. The molecule has 0 radical (unpaired) electrons. The molecule has 180 valence electrons. The molecule has 10 heteroatoms. The smallest absolute Gasteiger partial charge is 0.255 e. The van der Waals surface area contributed by atoms with Crippen LogP contribution in [0.5, 0.6) is 11.5 Å². The molecule has 35 heavy (non-hydrogen) atoms. The van der Waals surface area contributed by atoms with Crippen molar-refractivity contribution in [2.24, 2.45) is 5.14 Å². The second kappa shape index (κ2) is 10.00. The normalized spacial score (nSPS) is 11.2. The molecule has 3 aromatic carbocycles. The average molecular weight is 493 g/mol. The summed E-state index contributed by atoms with van der Waals surface area (Å²) >= 11 is 0. The average Bonchev–Trinajstić information content (AvgIpc) is 3.33. The molecule has 3 N–H and O–H groups in total. The van der Waals surface area contributed by atoms with E-state index in [2.05, 4.69) is 10.4 Å². The number of ether oxygens (including phenoxy) is 2. The molecule has 0 aliphatic rings. The molecule has 4 rings (SSSR count). The number of nitrogens with two attached hydrogens (primary N) is 1. The van der Waals surface area contributed by atoms with E-state index in [9.17, 15) is 13.2 Å². The third-order valence-electron chi connectivity index (χ3n) is 5.32. The van der Waals surface area contributed by atoms with Crippen LogP contribution >= 0.6 is 0 Å². The van der Waals surface area contributed by atoms with Gasteiger partial charge in [0.15, 0.2) is 11.5 Å². The molecule has 0 aliphatic carbocycles. The van der Waals surface area contributed by atoms with Crippen molar-refractivity contribution in [1.29, 1.82) is 0 Å². The summed E-state index contributed by atoms with van der Waals surface area (Å²) in [4.78, 5) is 13.2. The van der Waals surface area contributed by atoms with Gasteiger partial charge in [0.05, 0.1) is 30.4 Å². The predicted octanol–water partition coefficient (Wildman–Crippen LogP) is 3.13. The molecule has 0 spiro atoms. The minimum absolute atomic E-state index is 0.0211. The summed E-state index contributed by atoms with van der Waals surface area (Å²) in [5.74, 6) is 0.683.